The molecule has 3 aromatic rings. The number of halogens is 3. The van der Waals surface area contributed by atoms with Gasteiger partial charge in [-0.05, 0) is 66.2 Å². The molecule has 36 heavy (non-hydrogen) atoms. The van der Waals surface area contributed by atoms with Crippen LogP contribution in [0.2, 0.25) is 10.0 Å². The molecular weight excluding hydrogens is 498 g/mol. The van der Waals surface area contributed by atoms with E-state index in [4.69, 9.17) is 23.2 Å². The molecule has 0 atom stereocenters. The lowest BCUT2D eigenvalue weighted by atomic mass is 10.1. The van der Waals surface area contributed by atoms with Gasteiger partial charge in [0.15, 0.2) is 11.6 Å². The van der Waals surface area contributed by atoms with Crippen LogP contribution in [-0.4, -0.2) is 67.3 Å². The Morgan fingerprint density at radius 3 is 1.56 bits per heavy atom. The molecule has 0 radical (unpaired) electrons. The molecule has 5 nitrogen and oxygen atoms in total. The third-order valence-electron chi connectivity index (χ3n) is 7.13. The first-order valence-electron chi connectivity index (χ1n) is 12.4. The lowest BCUT2D eigenvalue weighted by Gasteiger charge is -2.37. The third-order valence-corrected chi connectivity index (χ3v) is 7.63. The van der Waals surface area contributed by atoms with Crippen molar-refractivity contribution in [3.8, 4) is 5.75 Å². The van der Waals surface area contributed by atoms with Crippen LogP contribution in [0, 0.1) is 5.82 Å². The summed E-state index contributed by atoms with van der Waals surface area (Å²) in [7, 11) is 0. The quantitative estimate of drug-likeness (QED) is 0.457. The normalized spacial score (nSPS) is 17.5. The maximum Gasteiger partial charge on any atom is 0.165 e. The Labute approximate surface area is 222 Å². The van der Waals surface area contributed by atoms with E-state index in [9.17, 15) is 9.50 Å². The Kier molecular flexibility index (Phi) is 7.87. The van der Waals surface area contributed by atoms with Crippen LogP contribution < -0.4 is 9.80 Å². The molecule has 2 fully saturated rings. The Morgan fingerprint density at radius 2 is 1.08 bits per heavy atom. The van der Waals surface area contributed by atoms with E-state index in [-0.39, 0.29) is 5.75 Å². The highest BCUT2D eigenvalue weighted by atomic mass is 35.5. The van der Waals surface area contributed by atoms with Gasteiger partial charge in [0.2, 0.25) is 0 Å². The summed E-state index contributed by atoms with van der Waals surface area (Å²) >= 11 is 12.0. The van der Waals surface area contributed by atoms with E-state index in [1.165, 1.54) is 11.8 Å². The summed E-state index contributed by atoms with van der Waals surface area (Å²) in [6, 6.07) is 19.3. The average molecular weight is 529 g/mol. The second-order valence-corrected chi connectivity index (χ2v) is 10.4. The first-order chi connectivity index (χ1) is 17.4. The van der Waals surface area contributed by atoms with Crippen molar-refractivity contribution in [1.29, 1.82) is 0 Å². The van der Waals surface area contributed by atoms with Gasteiger partial charge in [-0.1, -0.05) is 23.2 Å². The summed E-state index contributed by atoms with van der Waals surface area (Å²) in [5.74, 6) is -0.770. The van der Waals surface area contributed by atoms with Gasteiger partial charge in [-0.2, -0.15) is 0 Å². The molecular formula is C28H31Cl2FN4O. The fourth-order valence-electron chi connectivity index (χ4n) is 5.06. The van der Waals surface area contributed by atoms with Crippen LogP contribution >= 0.6 is 23.2 Å². The van der Waals surface area contributed by atoms with Crippen molar-refractivity contribution in [3.05, 3.63) is 87.7 Å². The summed E-state index contributed by atoms with van der Waals surface area (Å²) in [4.78, 5) is 9.29. The number of phenols is 1. The SMILES string of the molecule is Oc1c(F)cc(CN2CCN(c3ccc(Cl)cc3)CC2)cc1CN1CCN(c2ccc(Cl)cc2)CC1. The predicted octanol–water partition coefficient (Wildman–Crippen LogP) is 5.48. The molecule has 0 unspecified atom stereocenters. The molecule has 8 heteroatoms. The Balaban J connectivity index is 1.16. The van der Waals surface area contributed by atoms with Gasteiger partial charge in [-0.25, -0.2) is 4.39 Å². The van der Waals surface area contributed by atoms with Gasteiger partial charge in [0.1, 0.15) is 0 Å². The molecule has 0 spiro atoms. The molecule has 5 rings (SSSR count). The van der Waals surface area contributed by atoms with Crippen LogP contribution in [0.3, 0.4) is 0 Å². The molecule has 3 aromatic carbocycles. The van der Waals surface area contributed by atoms with Crippen LogP contribution in [0.15, 0.2) is 60.7 Å². The Hall–Kier alpha value is -2.51. The predicted molar refractivity (Wildman–Crippen MR) is 146 cm³/mol. The zero-order valence-corrected chi connectivity index (χ0v) is 21.7. The van der Waals surface area contributed by atoms with Crippen LogP contribution in [0.1, 0.15) is 11.1 Å². The van der Waals surface area contributed by atoms with E-state index >= 15 is 0 Å². The second-order valence-electron chi connectivity index (χ2n) is 9.56. The summed E-state index contributed by atoms with van der Waals surface area (Å²) in [6.45, 7) is 8.27. The molecule has 0 amide bonds. The zero-order chi connectivity index (χ0) is 25.1. The monoisotopic (exact) mass is 528 g/mol. The van der Waals surface area contributed by atoms with E-state index in [0.29, 0.717) is 18.7 Å². The molecule has 2 saturated heterocycles. The average Bonchev–Trinajstić information content (AvgIpc) is 2.89. The smallest absolute Gasteiger partial charge is 0.165 e. The molecule has 0 saturated carbocycles. The van der Waals surface area contributed by atoms with Crippen LogP contribution in [0.4, 0.5) is 15.8 Å². The van der Waals surface area contributed by atoms with Gasteiger partial charge in [-0.15, -0.1) is 0 Å². The van der Waals surface area contributed by atoms with E-state index in [0.717, 1.165) is 73.7 Å². The van der Waals surface area contributed by atoms with Crippen molar-refractivity contribution in [2.45, 2.75) is 13.1 Å². The zero-order valence-electron chi connectivity index (χ0n) is 20.2. The fourth-order valence-corrected chi connectivity index (χ4v) is 5.31. The molecule has 0 aromatic heterocycles. The minimum absolute atomic E-state index is 0.230. The maximum absolute atomic E-state index is 14.7. The van der Waals surface area contributed by atoms with Crippen molar-refractivity contribution in [3.63, 3.8) is 0 Å². The largest absolute Gasteiger partial charge is 0.505 e. The van der Waals surface area contributed by atoms with E-state index in [1.807, 2.05) is 42.5 Å². The van der Waals surface area contributed by atoms with Gasteiger partial charge in [0.25, 0.3) is 0 Å². The van der Waals surface area contributed by atoms with E-state index in [2.05, 4.69) is 31.7 Å². The lowest BCUT2D eigenvalue weighted by Crippen LogP contribution is -2.46. The number of hydrogen-bond donors (Lipinski definition) is 1. The number of phenolic OH excluding ortho intramolecular Hbond substituents is 1. The number of benzene rings is 3. The van der Waals surface area contributed by atoms with Crippen molar-refractivity contribution in [2.75, 3.05) is 62.2 Å². The standard InChI is InChI=1S/C28H31Cl2FN4O/c29-23-1-5-25(6-2-23)34-13-9-32(10-14-34)19-21-17-22(28(36)27(31)18-21)20-33-11-15-35(16-12-33)26-7-3-24(30)4-8-26/h1-8,17-18,36H,9-16,19-20H2. The van der Waals surface area contributed by atoms with Crippen LogP contribution in [0.5, 0.6) is 5.75 Å². The van der Waals surface area contributed by atoms with Gasteiger partial charge in [-0.3, -0.25) is 9.80 Å². The Morgan fingerprint density at radius 1 is 0.639 bits per heavy atom. The topological polar surface area (TPSA) is 33.2 Å². The van der Waals surface area contributed by atoms with Gasteiger partial charge in [0, 0.05) is 92.4 Å². The minimum atomic E-state index is -0.540. The highest BCUT2D eigenvalue weighted by molar-refractivity contribution is 6.30. The van der Waals surface area contributed by atoms with Crippen LogP contribution in [-0.2, 0) is 13.1 Å². The summed E-state index contributed by atoms with van der Waals surface area (Å²) < 4.78 is 14.7. The Bertz CT molecular complexity index is 1160. The highest BCUT2D eigenvalue weighted by Gasteiger charge is 2.22. The molecule has 2 aliphatic heterocycles. The van der Waals surface area contributed by atoms with Crippen molar-refractivity contribution >= 4 is 34.6 Å². The molecule has 1 N–H and O–H groups in total. The van der Waals surface area contributed by atoms with Gasteiger partial charge in [0.05, 0.1) is 0 Å². The maximum atomic E-state index is 14.7. The molecule has 2 heterocycles. The molecule has 2 aliphatic rings. The number of hydrogen-bond acceptors (Lipinski definition) is 5. The van der Waals surface area contributed by atoms with Crippen molar-refractivity contribution < 1.29 is 9.50 Å². The van der Waals surface area contributed by atoms with Gasteiger partial charge >= 0.3 is 0 Å². The number of piperazine rings is 2. The second kappa shape index (κ2) is 11.3. The number of rotatable bonds is 6. The number of aromatic hydroxyl groups is 1. The summed E-state index contributed by atoms with van der Waals surface area (Å²) in [5, 5.41) is 11.9. The first-order valence-corrected chi connectivity index (χ1v) is 13.2. The number of anilines is 2. The molecule has 0 bridgehead atoms. The fraction of sp³-hybridized carbons (Fsp3) is 0.357. The summed E-state index contributed by atoms with van der Waals surface area (Å²) in [6.07, 6.45) is 0. The lowest BCUT2D eigenvalue weighted by molar-refractivity contribution is 0.242. The summed E-state index contributed by atoms with van der Waals surface area (Å²) in [5.41, 5.74) is 3.89. The van der Waals surface area contributed by atoms with E-state index in [1.54, 1.807) is 0 Å². The highest BCUT2D eigenvalue weighted by Crippen LogP contribution is 2.27. The molecule has 0 aliphatic carbocycles. The number of nitrogens with zero attached hydrogens (tertiary/aromatic N) is 4. The minimum Gasteiger partial charge on any atom is -0.505 e. The first kappa shape index (κ1) is 25.2. The van der Waals surface area contributed by atoms with Gasteiger partial charge < -0.3 is 14.9 Å². The molecule has 190 valence electrons. The van der Waals surface area contributed by atoms with Crippen molar-refractivity contribution in [1.82, 2.24) is 9.80 Å². The van der Waals surface area contributed by atoms with Crippen LogP contribution in [0.25, 0.3) is 0 Å². The third kappa shape index (κ3) is 6.06. The van der Waals surface area contributed by atoms with E-state index < -0.39 is 5.82 Å². The van der Waals surface area contributed by atoms with Crippen molar-refractivity contribution in [2.24, 2.45) is 0 Å².